The fraction of sp³-hybridized carbons (Fsp3) is 0.467. The quantitative estimate of drug-likeness (QED) is 0.804. The Balaban J connectivity index is 2.18. The second-order valence-electron chi connectivity index (χ2n) is 5.29. The number of carbonyl (C=O) groups is 2. The topological polar surface area (TPSA) is 75.4 Å². The number of hydrogen-bond donors (Lipinski definition) is 2. The van der Waals surface area contributed by atoms with Crippen LogP contribution in [-0.2, 0) is 4.79 Å². The van der Waals surface area contributed by atoms with Crippen LogP contribution in [0.15, 0.2) is 30.3 Å². The van der Waals surface area contributed by atoms with Crippen LogP contribution in [0.3, 0.4) is 0 Å². The van der Waals surface area contributed by atoms with Gasteiger partial charge in [0.15, 0.2) is 0 Å². The normalized spacial score (nSPS) is 19.4. The molecule has 0 aromatic heterocycles. The van der Waals surface area contributed by atoms with Crippen LogP contribution in [0.5, 0.6) is 0 Å². The van der Waals surface area contributed by atoms with E-state index >= 15 is 0 Å². The lowest BCUT2D eigenvalue weighted by molar-refractivity contribution is -0.128. The van der Waals surface area contributed by atoms with E-state index in [1.807, 2.05) is 44.2 Å². The molecule has 0 radical (unpaired) electrons. The molecule has 3 amide bonds. The minimum Gasteiger partial charge on any atom is -0.324 e. The Morgan fingerprint density at radius 2 is 1.80 bits per heavy atom. The Morgan fingerprint density at radius 3 is 2.35 bits per heavy atom. The first-order valence-corrected chi connectivity index (χ1v) is 6.96. The van der Waals surface area contributed by atoms with Gasteiger partial charge in [0, 0.05) is 12.1 Å². The van der Waals surface area contributed by atoms with Crippen molar-refractivity contribution in [3.63, 3.8) is 0 Å². The highest BCUT2D eigenvalue weighted by Gasteiger charge is 2.41. The van der Waals surface area contributed by atoms with Crippen LogP contribution in [0.2, 0.25) is 0 Å². The molecule has 1 aliphatic heterocycles. The third kappa shape index (κ3) is 2.67. The molecule has 5 heteroatoms. The fourth-order valence-electron chi connectivity index (χ4n) is 2.33. The van der Waals surface area contributed by atoms with Crippen molar-refractivity contribution < 1.29 is 9.59 Å². The number of amides is 3. The smallest absolute Gasteiger partial charge is 0.324 e. The summed E-state index contributed by atoms with van der Waals surface area (Å²) in [5.74, 6) is -0.224. The van der Waals surface area contributed by atoms with E-state index in [2.05, 4.69) is 5.32 Å². The summed E-state index contributed by atoms with van der Waals surface area (Å²) in [5, 5.41) is 2.72. The number of nitrogens with one attached hydrogen (secondary N) is 1. The van der Waals surface area contributed by atoms with Crippen LogP contribution >= 0.6 is 0 Å². The van der Waals surface area contributed by atoms with Crippen LogP contribution < -0.4 is 11.1 Å². The summed E-state index contributed by atoms with van der Waals surface area (Å²) in [4.78, 5) is 25.7. The Bertz CT molecular complexity index is 497. The van der Waals surface area contributed by atoms with Gasteiger partial charge in [0.1, 0.15) is 6.04 Å². The lowest BCUT2D eigenvalue weighted by Gasteiger charge is -2.30. The Labute approximate surface area is 119 Å². The molecule has 1 heterocycles. The first kappa shape index (κ1) is 14.5. The van der Waals surface area contributed by atoms with Gasteiger partial charge in [0.05, 0.1) is 0 Å². The van der Waals surface area contributed by atoms with Crippen molar-refractivity contribution in [1.29, 1.82) is 0 Å². The van der Waals surface area contributed by atoms with Gasteiger partial charge in [0.25, 0.3) is 5.91 Å². The van der Waals surface area contributed by atoms with Crippen molar-refractivity contribution in [2.75, 3.05) is 6.54 Å². The van der Waals surface area contributed by atoms with E-state index in [1.54, 1.807) is 0 Å². The van der Waals surface area contributed by atoms with Gasteiger partial charge in [-0.05, 0) is 18.4 Å². The SMILES string of the molecule is CCC(N)(CC)CN1C(=O)NC(c2ccccc2)C1=O. The third-order valence-corrected chi connectivity index (χ3v) is 4.04. The lowest BCUT2D eigenvalue weighted by atomic mass is 9.93. The van der Waals surface area contributed by atoms with Crippen molar-refractivity contribution in [2.24, 2.45) is 5.73 Å². The molecule has 3 N–H and O–H groups in total. The molecule has 5 nitrogen and oxygen atoms in total. The van der Waals surface area contributed by atoms with Crippen LogP contribution in [-0.4, -0.2) is 28.9 Å². The number of rotatable bonds is 5. The minimum atomic E-state index is -0.596. The highest BCUT2D eigenvalue weighted by molar-refractivity contribution is 6.04. The summed E-state index contributed by atoms with van der Waals surface area (Å²) in [7, 11) is 0. The predicted molar refractivity (Wildman–Crippen MR) is 76.9 cm³/mol. The Kier molecular flexibility index (Phi) is 4.09. The summed E-state index contributed by atoms with van der Waals surface area (Å²) in [5.41, 5.74) is 6.49. The second-order valence-corrected chi connectivity index (χ2v) is 5.29. The van der Waals surface area contributed by atoms with E-state index in [9.17, 15) is 9.59 Å². The fourth-order valence-corrected chi connectivity index (χ4v) is 2.33. The Hall–Kier alpha value is -1.88. The van der Waals surface area contributed by atoms with Gasteiger partial charge in [-0.15, -0.1) is 0 Å². The average molecular weight is 275 g/mol. The number of carbonyl (C=O) groups excluding carboxylic acids is 2. The van der Waals surface area contributed by atoms with Crippen molar-refractivity contribution in [3.05, 3.63) is 35.9 Å². The van der Waals surface area contributed by atoms with E-state index < -0.39 is 11.6 Å². The molecule has 2 rings (SSSR count). The largest absolute Gasteiger partial charge is 0.325 e. The van der Waals surface area contributed by atoms with E-state index in [1.165, 1.54) is 4.90 Å². The van der Waals surface area contributed by atoms with Crippen LogP contribution in [0.25, 0.3) is 0 Å². The molecule has 0 spiro atoms. The van der Waals surface area contributed by atoms with Gasteiger partial charge in [-0.2, -0.15) is 0 Å². The summed E-state index contributed by atoms with van der Waals surface area (Å²) >= 11 is 0. The first-order chi connectivity index (χ1) is 9.50. The molecular formula is C15H21N3O2. The molecular weight excluding hydrogens is 254 g/mol. The van der Waals surface area contributed by atoms with Crippen LogP contribution in [0, 0.1) is 0 Å². The first-order valence-electron chi connectivity index (χ1n) is 6.96. The monoisotopic (exact) mass is 275 g/mol. The highest BCUT2D eigenvalue weighted by Crippen LogP contribution is 2.24. The van der Waals surface area contributed by atoms with E-state index in [4.69, 9.17) is 5.73 Å². The molecule has 1 saturated heterocycles. The van der Waals surface area contributed by atoms with E-state index in [0.717, 1.165) is 18.4 Å². The van der Waals surface area contributed by atoms with Crippen LogP contribution in [0.4, 0.5) is 4.79 Å². The maximum atomic E-state index is 12.4. The number of urea groups is 1. The standard InChI is InChI=1S/C15H21N3O2/c1-3-15(16,4-2)10-18-13(19)12(17-14(18)20)11-8-6-5-7-9-11/h5-9,12H,3-4,10,16H2,1-2H3,(H,17,20). The van der Waals surface area contributed by atoms with Crippen molar-refractivity contribution in [3.8, 4) is 0 Å². The molecule has 1 atom stereocenters. The van der Waals surface area contributed by atoms with Gasteiger partial charge in [-0.3, -0.25) is 9.69 Å². The molecule has 0 saturated carbocycles. The van der Waals surface area contributed by atoms with Gasteiger partial charge >= 0.3 is 6.03 Å². The maximum absolute atomic E-state index is 12.4. The molecule has 1 aliphatic rings. The number of nitrogens with two attached hydrogens (primary N) is 1. The number of nitrogens with zero attached hydrogens (tertiary/aromatic N) is 1. The number of imide groups is 1. The average Bonchev–Trinajstić information content (AvgIpc) is 2.76. The predicted octanol–water partition coefficient (Wildman–Crippen LogP) is 1.80. The van der Waals surface area contributed by atoms with Crippen molar-refractivity contribution in [1.82, 2.24) is 10.2 Å². The zero-order valence-corrected chi connectivity index (χ0v) is 11.9. The number of hydrogen-bond acceptors (Lipinski definition) is 3. The van der Waals surface area contributed by atoms with Crippen molar-refractivity contribution >= 4 is 11.9 Å². The third-order valence-electron chi connectivity index (χ3n) is 4.04. The molecule has 1 unspecified atom stereocenters. The van der Waals surface area contributed by atoms with E-state index in [-0.39, 0.29) is 18.5 Å². The van der Waals surface area contributed by atoms with Crippen molar-refractivity contribution in [2.45, 2.75) is 38.3 Å². The summed E-state index contributed by atoms with van der Waals surface area (Å²) < 4.78 is 0. The molecule has 0 bridgehead atoms. The zero-order valence-electron chi connectivity index (χ0n) is 11.9. The highest BCUT2D eigenvalue weighted by atomic mass is 16.2. The van der Waals surface area contributed by atoms with Crippen LogP contribution in [0.1, 0.15) is 38.3 Å². The summed E-state index contributed by atoms with van der Waals surface area (Å²) in [6.07, 6.45) is 1.44. The van der Waals surface area contributed by atoms with Gasteiger partial charge < -0.3 is 11.1 Å². The lowest BCUT2D eigenvalue weighted by Crippen LogP contribution is -2.51. The maximum Gasteiger partial charge on any atom is 0.325 e. The Morgan fingerprint density at radius 1 is 1.20 bits per heavy atom. The molecule has 0 aliphatic carbocycles. The minimum absolute atomic E-state index is 0.224. The molecule has 1 aromatic carbocycles. The zero-order chi connectivity index (χ0) is 14.8. The second kappa shape index (κ2) is 5.63. The van der Waals surface area contributed by atoms with Gasteiger partial charge in [-0.25, -0.2) is 4.79 Å². The molecule has 1 fully saturated rings. The molecule has 108 valence electrons. The van der Waals surface area contributed by atoms with Gasteiger partial charge in [0.2, 0.25) is 0 Å². The molecule has 1 aromatic rings. The summed E-state index contributed by atoms with van der Waals surface area (Å²) in [6, 6.07) is 8.29. The molecule has 20 heavy (non-hydrogen) atoms. The summed E-state index contributed by atoms with van der Waals surface area (Å²) in [6.45, 7) is 4.20. The van der Waals surface area contributed by atoms with E-state index in [0.29, 0.717) is 0 Å². The van der Waals surface area contributed by atoms with Gasteiger partial charge in [-0.1, -0.05) is 44.2 Å². The number of benzene rings is 1.